The summed E-state index contributed by atoms with van der Waals surface area (Å²) in [5, 5.41) is 5.29. The maximum Gasteiger partial charge on any atom is 0.314 e. The van der Waals surface area contributed by atoms with Crippen molar-refractivity contribution in [2.75, 3.05) is 7.11 Å². The number of fused-ring (bicyclic) bond motifs is 1. The first-order chi connectivity index (χ1) is 12.2. The number of ether oxygens (including phenoxy) is 2. The Kier molecular flexibility index (Phi) is 4.07. The number of hydrogen-bond acceptors (Lipinski definition) is 6. The molecule has 6 nitrogen and oxygen atoms in total. The van der Waals surface area contributed by atoms with Gasteiger partial charge in [0.05, 0.1) is 17.3 Å². The molecule has 0 radical (unpaired) electrons. The van der Waals surface area contributed by atoms with Crippen LogP contribution in [0, 0.1) is 0 Å². The van der Waals surface area contributed by atoms with Gasteiger partial charge in [0.15, 0.2) is 5.82 Å². The molecule has 4 rings (SSSR count). The molecule has 2 heterocycles. The molecule has 0 aliphatic heterocycles. The normalized spacial score (nSPS) is 11.0. The summed E-state index contributed by atoms with van der Waals surface area (Å²) >= 11 is 1.65. The van der Waals surface area contributed by atoms with Crippen molar-refractivity contribution >= 4 is 21.6 Å². The lowest BCUT2D eigenvalue weighted by molar-refractivity contribution is 0.306. The van der Waals surface area contributed by atoms with E-state index in [1.807, 2.05) is 42.5 Å². The van der Waals surface area contributed by atoms with E-state index < -0.39 is 0 Å². The molecule has 0 saturated heterocycles. The van der Waals surface area contributed by atoms with Gasteiger partial charge in [-0.3, -0.25) is 0 Å². The van der Waals surface area contributed by atoms with Gasteiger partial charge in [-0.1, -0.05) is 12.1 Å². The molecule has 0 spiro atoms. The molecule has 7 heteroatoms. The van der Waals surface area contributed by atoms with Crippen LogP contribution in [-0.2, 0) is 13.7 Å². The lowest BCUT2D eigenvalue weighted by atomic mass is 10.2. The Labute approximate surface area is 148 Å². The van der Waals surface area contributed by atoms with Gasteiger partial charge in [-0.15, -0.1) is 16.4 Å². The third kappa shape index (κ3) is 3.18. The number of hydrogen-bond donors (Lipinski definition) is 0. The molecular formula is C18H16N4O2S. The average Bonchev–Trinajstić information content (AvgIpc) is 3.23. The molecule has 0 amide bonds. The molecule has 0 bridgehead atoms. The summed E-state index contributed by atoms with van der Waals surface area (Å²) < 4.78 is 13.8. The molecule has 126 valence electrons. The number of methoxy groups -OCH3 is 1. The van der Waals surface area contributed by atoms with Crippen LogP contribution in [0.1, 0.15) is 5.01 Å². The van der Waals surface area contributed by atoms with Gasteiger partial charge in [0.1, 0.15) is 17.4 Å². The number of thiazole rings is 1. The molecule has 0 atom stereocenters. The second-order valence-corrected chi connectivity index (χ2v) is 6.55. The fraction of sp³-hybridized carbons (Fsp3) is 0.167. The Morgan fingerprint density at radius 2 is 1.84 bits per heavy atom. The van der Waals surface area contributed by atoms with Gasteiger partial charge in [0.25, 0.3) is 0 Å². The second-order valence-electron chi connectivity index (χ2n) is 5.43. The molecule has 0 fully saturated rings. The fourth-order valence-electron chi connectivity index (χ4n) is 2.50. The standard InChI is InChI=1S/C18H16N4O2S/c1-22-18(23-2)20-17(21-22)12-7-9-13(10-8-12)24-11-16-19-14-5-3-4-6-15(14)25-16/h3-10H,11H2,1-2H3. The van der Waals surface area contributed by atoms with Crippen LogP contribution < -0.4 is 9.47 Å². The first-order valence-corrected chi connectivity index (χ1v) is 8.57. The number of para-hydroxylation sites is 1. The minimum atomic E-state index is 0.453. The van der Waals surface area contributed by atoms with E-state index in [2.05, 4.69) is 21.1 Å². The van der Waals surface area contributed by atoms with Crippen LogP contribution in [0.3, 0.4) is 0 Å². The first-order valence-electron chi connectivity index (χ1n) is 7.75. The summed E-state index contributed by atoms with van der Waals surface area (Å²) in [5.41, 5.74) is 1.92. The van der Waals surface area contributed by atoms with Gasteiger partial charge in [-0.2, -0.15) is 4.98 Å². The summed E-state index contributed by atoms with van der Waals surface area (Å²) in [4.78, 5) is 8.90. The highest BCUT2D eigenvalue weighted by Crippen LogP contribution is 2.24. The smallest absolute Gasteiger partial charge is 0.314 e. The maximum absolute atomic E-state index is 5.84. The number of benzene rings is 2. The van der Waals surface area contributed by atoms with Crippen LogP contribution in [0.15, 0.2) is 48.5 Å². The highest BCUT2D eigenvalue weighted by molar-refractivity contribution is 7.18. The van der Waals surface area contributed by atoms with Gasteiger partial charge >= 0.3 is 6.01 Å². The predicted octanol–water partition coefficient (Wildman–Crippen LogP) is 3.68. The van der Waals surface area contributed by atoms with E-state index in [1.165, 1.54) is 4.70 Å². The average molecular weight is 352 g/mol. The molecule has 0 unspecified atom stereocenters. The number of aryl methyl sites for hydroxylation is 1. The topological polar surface area (TPSA) is 62.1 Å². The first kappa shape index (κ1) is 15.6. The summed E-state index contributed by atoms with van der Waals surface area (Å²) in [6.07, 6.45) is 0. The van der Waals surface area contributed by atoms with Gasteiger partial charge < -0.3 is 9.47 Å². The molecule has 2 aromatic carbocycles. The molecule has 4 aromatic rings. The highest BCUT2D eigenvalue weighted by Gasteiger charge is 2.10. The van der Waals surface area contributed by atoms with Gasteiger partial charge in [0.2, 0.25) is 0 Å². The molecule has 0 aliphatic rings. The maximum atomic E-state index is 5.84. The van der Waals surface area contributed by atoms with Crippen LogP contribution >= 0.6 is 11.3 Å². The monoisotopic (exact) mass is 352 g/mol. The van der Waals surface area contributed by atoms with Gasteiger partial charge in [-0.05, 0) is 36.4 Å². The quantitative estimate of drug-likeness (QED) is 0.548. The van der Waals surface area contributed by atoms with Crippen molar-refractivity contribution in [1.82, 2.24) is 19.7 Å². The van der Waals surface area contributed by atoms with E-state index in [4.69, 9.17) is 9.47 Å². The van der Waals surface area contributed by atoms with Crippen molar-refractivity contribution in [3.63, 3.8) is 0 Å². The predicted molar refractivity (Wildman–Crippen MR) is 96.9 cm³/mol. The number of aromatic nitrogens is 4. The molecule has 0 N–H and O–H groups in total. The molecular weight excluding hydrogens is 336 g/mol. The molecule has 0 saturated carbocycles. The molecule has 0 aliphatic carbocycles. The molecule has 25 heavy (non-hydrogen) atoms. The fourth-order valence-corrected chi connectivity index (χ4v) is 3.38. The van der Waals surface area contributed by atoms with E-state index >= 15 is 0 Å². The van der Waals surface area contributed by atoms with Crippen LogP contribution in [0.5, 0.6) is 11.8 Å². The van der Waals surface area contributed by atoms with Crippen molar-refractivity contribution in [3.8, 4) is 23.1 Å². The third-order valence-electron chi connectivity index (χ3n) is 3.72. The lowest BCUT2D eigenvalue weighted by Gasteiger charge is -2.04. The van der Waals surface area contributed by atoms with Crippen LogP contribution in [0.25, 0.3) is 21.6 Å². The minimum Gasteiger partial charge on any atom is -0.486 e. The Hall–Kier alpha value is -2.93. The van der Waals surface area contributed by atoms with Crippen LogP contribution in [-0.4, -0.2) is 26.9 Å². The van der Waals surface area contributed by atoms with Crippen molar-refractivity contribution in [1.29, 1.82) is 0 Å². The van der Waals surface area contributed by atoms with E-state index in [9.17, 15) is 0 Å². The number of rotatable bonds is 5. The third-order valence-corrected chi connectivity index (χ3v) is 4.73. The Morgan fingerprint density at radius 3 is 2.56 bits per heavy atom. The Bertz CT molecular complexity index is 975. The Morgan fingerprint density at radius 1 is 1.04 bits per heavy atom. The summed E-state index contributed by atoms with van der Waals surface area (Å²) in [6.45, 7) is 0.453. The zero-order valence-corrected chi connectivity index (χ0v) is 14.7. The minimum absolute atomic E-state index is 0.453. The van der Waals surface area contributed by atoms with E-state index in [0.29, 0.717) is 18.4 Å². The number of nitrogens with zero attached hydrogens (tertiary/aromatic N) is 4. The summed E-state index contributed by atoms with van der Waals surface area (Å²) in [7, 11) is 3.37. The van der Waals surface area contributed by atoms with Gasteiger partial charge in [-0.25, -0.2) is 9.67 Å². The molecule has 2 aromatic heterocycles. The van der Waals surface area contributed by atoms with Crippen molar-refractivity contribution in [2.24, 2.45) is 7.05 Å². The summed E-state index contributed by atoms with van der Waals surface area (Å²) in [5.74, 6) is 1.41. The largest absolute Gasteiger partial charge is 0.486 e. The zero-order valence-electron chi connectivity index (χ0n) is 13.8. The van der Waals surface area contributed by atoms with E-state index in [-0.39, 0.29) is 0 Å². The lowest BCUT2D eigenvalue weighted by Crippen LogP contribution is -1.95. The summed E-state index contributed by atoms with van der Waals surface area (Å²) in [6, 6.07) is 16.3. The van der Waals surface area contributed by atoms with Crippen molar-refractivity contribution in [3.05, 3.63) is 53.5 Å². The SMILES string of the molecule is COc1nc(-c2ccc(OCc3nc4ccccc4s3)cc2)nn1C. The van der Waals surface area contributed by atoms with E-state index in [0.717, 1.165) is 21.8 Å². The van der Waals surface area contributed by atoms with Crippen LogP contribution in [0.2, 0.25) is 0 Å². The Balaban J connectivity index is 1.46. The highest BCUT2D eigenvalue weighted by atomic mass is 32.1. The van der Waals surface area contributed by atoms with Crippen molar-refractivity contribution < 1.29 is 9.47 Å². The zero-order chi connectivity index (χ0) is 17.2. The van der Waals surface area contributed by atoms with E-state index in [1.54, 1.807) is 30.2 Å². The van der Waals surface area contributed by atoms with Crippen LogP contribution in [0.4, 0.5) is 0 Å². The van der Waals surface area contributed by atoms with Gasteiger partial charge in [0, 0.05) is 12.6 Å². The second kappa shape index (κ2) is 6.52. The van der Waals surface area contributed by atoms with Crippen molar-refractivity contribution in [2.45, 2.75) is 6.61 Å².